The molecule has 5 heteroatoms. The SMILES string of the molecule is Cc1c(N2CCCC2=O)n[nH]c1-c1ccncc1. The fourth-order valence-electron chi connectivity index (χ4n) is 2.32. The molecule has 18 heavy (non-hydrogen) atoms. The number of rotatable bonds is 2. The molecule has 0 saturated carbocycles. The zero-order valence-corrected chi connectivity index (χ0v) is 10.2. The van der Waals surface area contributed by atoms with Gasteiger partial charge in [0, 0.05) is 36.5 Å². The minimum absolute atomic E-state index is 0.158. The molecule has 0 unspecified atom stereocenters. The normalized spacial score (nSPS) is 15.4. The molecule has 1 fully saturated rings. The molecule has 92 valence electrons. The first-order valence-electron chi connectivity index (χ1n) is 6.03. The Kier molecular flexibility index (Phi) is 2.59. The van der Waals surface area contributed by atoms with Crippen LogP contribution < -0.4 is 4.90 Å². The van der Waals surface area contributed by atoms with E-state index in [1.165, 1.54) is 0 Å². The molecule has 0 atom stereocenters. The molecule has 0 radical (unpaired) electrons. The van der Waals surface area contributed by atoms with Crippen molar-refractivity contribution in [1.29, 1.82) is 0 Å². The molecule has 0 aliphatic carbocycles. The standard InChI is InChI=1S/C13H14N4O/c1-9-12(10-4-6-14-7-5-10)15-16-13(9)17-8-2-3-11(17)18/h4-7H,2-3,8H2,1H3,(H,15,16). The Balaban J connectivity index is 2.00. The highest BCUT2D eigenvalue weighted by atomic mass is 16.2. The minimum Gasteiger partial charge on any atom is -0.295 e. The molecule has 3 rings (SSSR count). The second-order valence-electron chi connectivity index (χ2n) is 4.43. The zero-order chi connectivity index (χ0) is 12.5. The lowest BCUT2D eigenvalue weighted by Gasteiger charge is -2.12. The number of aromatic nitrogens is 3. The summed E-state index contributed by atoms with van der Waals surface area (Å²) >= 11 is 0. The second kappa shape index (κ2) is 4.25. The topological polar surface area (TPSA) is 61.9 Å². The third-order valence-corrected chi connectivity index (χ3v) is 3.28. The van der Waals surface area contributed by atoms with E-state index >= 15 is 0 Å². The molecule has 0 spiro atoms. The molecule has 0 bridgehead atoms. The Hall–Kier alpha value is -2.17. The fourth-order valence-corrected chi connectivity index (χ4v) is 2.32. The summed E-state index contributed by atoms with van der Waals surface area (Å²) in [6, 6.07) is 3.85. The van der Waals surface area contributed by atoms with Crippen LogP contribution >= 0.6 is 0 Å². The van der Waals surface area contributed by atoms with Crippen LogP contribution in [-0.4, -0.2) is 27.6 Å². The fraction of sp³-hybridized carbons (Fsp3) is 0.308. The van der Waals surface area contributed by atoms with E-state index in [0.29, 0.717) is 6.42 Å². The third-order valence-electron chi connectivity index (χ3n) is 3.28. The number of nitrogens with zero attached hydrogens (tertiary/aromatic N) is 3. The summed E-state index contributed by atoms with van der Waals surface area (Å²) < 4.78 is 0. The van der Waals surface area contributed by atoms with Crippen molar-refractivity contribution in [1.82, 2.24) is 15.2 Å². The summed E-state index contributed by atoms with van der Waals surface area (Å²) in [7, 11) is 0. The first kappa shape index (κ1) is 11.0. The lowest BCUT2D eigenvalue weighted by Crippen LogP contribution is -2.24. The van der Waals surface area contributed by atoms with Crippen molar-refractivity contribution in [2.75, 3.05) is 11.4 Å². The number of carbonyl (C=O) groups excluding carboxylic acids is 1. The number of carbonyl (C=O) groups is 1. The Labute approximate surface area is 105 Å². The summed E-state index contributed by atoms with van der Waals surface area (Å²) in [6.07, 6.45) is 5.03. The number of aromatic amines is 1. The third kappa shape index (κ3) is 1.68. The van der Waals surface area contributed by atoms with Gasteiger partial charge in [0.15, 0.2) is 5.82 Å². The highest BCUT2D eigenvalue weighted by Gasteiger charge is 2.26. The van der Waals surface area contributed by atoms with E-state index in [-0.39, 0.29) is 5.91 Å². The predicted molar refractivity (Wildman–Crippen MR) is 68.1 cm³/mol. The lowest BCUT2D eigenvalue weighted by molar-refractivity contribution is -0.117. The number of H-pyrrole nitrogens is 1. The molecule has 2 aromatic heterocycles. The van der Waals surface area contributed by atoms with Gasteiger partial charge in [0.2, 0.25) is 5.91 Å². The van der Waals surface area contributed by atoms with Crippen LogP contribution in [0.5, 0.6) is 0 Å². The van der Waals surface area contributed by atoms with E-state index in [1.807, 2.05) is 19.1 Å². The molecule has 2 aromatic rings. The quantitative estimate of drug-likeness (QED) is 0.875. The van der Waals surface area contributed by atoms with Crippen molar-refractivity contribution in [3.63, 3.8) is 0 Å². The maximum atomic E-state index is 11.7. The Morgan fingerprint density at radius 2 is 2.11 bits per heavy atom. The number of pyridine rings is 1. The van der Waals surface area contributed by atoms with Crippen LogP contribution in [0.25, 0.3) is 11.3 Å². The van der Waals surface area contributed by atoms with E-state index in [4.69, 9.17) is 0 Å². The van der Waals surface area contributed by atoms with Gasteiger partial charge in [-0.3, -0.25) is 19.8 Å². The van der Waals surface area contributed by atoms with Gasteiger partial charge >= 0.3 is 0 Å². The monoisotopic (exact) mass is 242 g/mol. The van der Waals surface area contributed by atoms with Crippen molar-refractivity contribution >= 4 is 11.7 Å². The van der Waals surface area contributed by atoms with Gasteiger partial charge in [0.05, 0.1) is 5.69 Å². The first-order valence-corrected chi connectivity index (χ1v) is 6.03. The summed E-state index contributed by atoms with van der Waals surface area (Å²) in [6.45, 7) is 2.75. The second-order valence-corrected chi connectivity index (χ2v) is 4.43. The van der Waals surface area contributed by atoms with Crippen molar-refractivity contribution in [3.8, 4) is 11.3 Å². The van der Waals surface area contributed by atoms with E-state index in [9.17, 15) is 4.79 Å². The van der Waals surface area contributed by atoms with Crippen LogP contribution in [0.1, 0.15) is 18.4 Å². The number of hydrogen-bond acceptors (Lipinski definition) is 3. The molecule has 1 amide bonds. The Morgan fingerprint density at radius 3 is 2.78 bits per heavy atom. The highest BCUT2D eigenvalue weighted by molar-refractivity contribution is 5.95. The maximum absolute atomic E-state index is 11.7. The molecule has 1 N–H and O–H groups in total. The van der Waals surface area contributed by atoms with Crippen molar-refractivity contribution in [2.24, 2.45) is 0 Å². The maximum Gasteiger partial charge on any atom is 0.228 e. The molecule has 1 aliphatic rings. The average molecular weight is 242 g/mol. The van der Waals surface area contributed by atoms with Crippen molar-refractivity contribution < 1.29 is 4.79 Å². The van der Waals surface area contributed by atoms with Gasteiger partial charge < -0.3 is 0 Å². The van der Waals surface area contributed by atoms with Gasteiger partial charge in [-0.05, 0) is 25.5 Å². The predicted octanol–water partition coefficient (Wildman–Crippen LogP) is 1.91. The molecule has 1 saturated heterocycles. The molecule has 1 aliphatic heterocycles. The van der Waals surface area contributed by atoms with Crippen LogP contribution in [0.3, 0.4) is 0 Å². The number of anilines is 1. The smallest absolute Gasteiger partial charge is 0.228 e. The van der Waals surface area contributed by atoms with Crippen molar-refractivity contribution in [3.05, 3.63) is 30.1 Å². The van der Waals surface area contributed by atoms with Gasteiger partial charge in [-0.25, -0.2) is 0 Å². The number of nitrogens with one attached hydrogen (secondary N) is 1. The summed E-state index contributed by atoms with van der Waals surface area (Å²) in [5.41, 5.74) is 3.00. The van der Waals surface area contributed by atoms with Gasteiger partial charge in [-0.1, -0.05) is 0 Å². The van der Waals surface area contributed by atoms with Gasteiger partial charge in [0.25, 0.3) is 0 Å². The average Bonchev–Trinajstić information content (AvgIpc) is 2.96. The van der Waals surface area contributed by atoms with Gasteiger partial charge in [-0.2, -0.15) is 5.10 Å². The van der Waals surface area contributed by atoms with Crippen LogP contribution in [-0.2, 0) is 4.79 Å². The minimum atomic E-state index is 0.158. The highest BCUT2D eigenvalue weighted by Crippen LogP contribution is 2.29. The first-order chi connectivity index (χ1) is 8.77. The molecular formula is C13H14N4O. The molecule has 0 aromatic carbocycles. The van der Waals surface area contributed by atoms with E-state index < -0.39 is 0 Å². The molecular weight excluding hydrogens is 228 g/mol. The lowest BCUT2D eigenvalue weighted by atomic mass is 10.1. The van der Waals surface area contributed by atoms with E-state index in [0.717, 1.165) is 35.6 Å². The van der Waals surface area contributed by atoms with Crippen LogP contribution in [0, 0.1) is 6.92 Å². The Morgan fingerprint density at radius 1 is 1.33 bits per heavy atom. The summed E-state index contributed by atoms with van der Waals surface area (Å²) in [5.74, 6) is 0.912. The summed E-state index contributed by atoms with van der Waals surface area (Å²) in [5, 5.41) is 7.30. The van der Waals surface area contributed by atoms with Crippen molar-refractivity contribution in [2.45, 2.75) is 19.8 Å². The summed E-state index contributed by atoms with van der Waals surface area (Å²) in [4.78, 5) is 17.5. The Bertz CT molecular complexity index is 576. The number of hydrogen-bond donors (Lipinski definition) is 1. The molecule has 3 heterocycles. The van der Waals surface area contributed by atoms with E-state index in [2.05, 4.69) is 15.2 Å². The van der Waals surface area contributed by atoms with Crippen LogP contribution in [0.2, 0.25) is 0 Å². The zero-order valence-electron chi connectivity index (χ0n) is 10.2. The number of amides is 1. The van der Waals surface area contributed by atoms with Gasteiger partial charge in [0.1, 0.15) is 0 Å². The van der Waals surface area contributed by atoms with Crippen LogP contribution in [0.4, 0.5) is 5.82 Å². The van der Waals surface area contributed by atoms with E-state index in [1.54, 1.807) is 17.3 Å². The van der Waals surface area contributed by atoms with Gasteiger partial charge in [-0.15, -0.1) is 0 Å². The van der Waals surface area contributed by atoms with Crippen LogP contribution in [0.15, 0.2) is 24.5 Å². The largest absolute Gasteiger partial charge is 0.295 e. The molecule has 5 nitrogen and oxygen atoms in total.